The molecule has 2 N–H and O–H groups in total. The van der Waals surface area contributed by atoms with Crippen LogP contribution in [0, 0.1) is 0 Å². The molecule has 14 heavy (non-hydrogen) atoms. The molecule has 0 heterocycles. The summed E-state index contributed by atoms with van der Waals surface area (Å²) >= 11 is 1.84. The van der Waals surface area contributed by atoms with Crippen LogP contribution in [0.5, 0.6) is 0 Å². The summed E-state index contributed by atoms with van der Waals surface area (Å²) in [6.45, 7) is 3.69. The molecule has 1 aromatic rings. The van der Waals surface area contributed by atoms with Crippen molar-refractivity contribution in [3.63, 3.8) is 0 Å². The summed E-state index contributed by atoms with van der Waals surface area (Å²) in [5, 5.41) is 0. The number of hydrogen-bond acceptors (Lipinski definition) is 3. The van der Waals surface area contributed by atoms with Gasteiger partial charge in [0.1, 0.15) is 0 Å². The number of ether oxygens (including phenoxy) is 1. The standard InChI is InChI=1S/C11H17NOS/c1-2-13-8-3-9-14-11-6-4-10(12)5-7-11/h4-7H,2-3,8-9,12H2,1H3. The van der Waals surface area contributed by atoms with Crippen LogP contribution in [-0.2, 0) is 4.74 Å². The van der Waals surface area contributed by atoms with E-state index in [0.29, 0.717) is 0 Å². The van der Waals surface area contributed by atoms with E-state index in [1.54, 1.807) is 0 Å². The van der Waals surface area contributed by atoms with Gasteiger partial charge in [-0.05, 0) is 37.6 Å². The van der Waals surface area contributed by atoms with Gasteiger partial charge in [0.25, 0.3) is 0 Å². The van der Waals surface area contributed by atoms with Crippen molar-refractivity contribution in [2.45, 2.75) is 18.2 Å². The molecular weight excluding hydrogens is 194 g/mol. The maximum atomic E-state index is 5.59. The average Bonchev–Trinajstić information content (AvgIpc) is 2.21. The molecule has 1 rings (SSSR count). The number of nitrogens with two attached hydrogens (primary N) is 1. The Kier molecular flexibility index (Phi) is 5.49. The first-order valence-corrected chi connectivity index (χ1v) is 5.87. The van der Waals surface area contributed by atoms with Gasteiger partial charge < -0.3 is 10.5 Å². The van der Waals surface area contributed by atoms with Crippen LogP contribution in [0.15, 0.2) is 29.2 Å². The van der Waals surface area contributed by atoms with Gasteiger partial charge in [-0.15, -0.1) is 11.8 Å². The normalized spacial score (nSPS) is 10.4. The second-order valence-corrected chi connectivity index (χ2v) is 4.14. The van der Waals surface area contributed by atoms with Gasteiger partial charge in [-0.3, -0.25) is 0 Å². The predicted octanol–water partition coefficient (Wildman–Crippen LogP) is 2.79. The number of nitrogen functional groups attached to an aromatic ring is 1. The molecule has 78 valence electrons. The largest absolute Gasteiger partial charge is 0.399 e. The zero-order chi connectivity index (χ0) is 10.2. The lowest BCUT2D eigenvalue weighted by atomic mass is 10.3. The zero-order valence-electron chi connectivity index (χ0n) is 8.53. The van der Waals surface area contributed by atoms with Gasteiger partial charge in [0.15, 0.2) is 0 Å². The molecule has 0 aliphatic heterocycles. The Morgan fingerprint density at radius 3 is 2.64 bits per heavy atom. The summed E-state index contributed by atoms with van der Waals surface area (Å²) in [6.07, 6.45) is 1.10. The molecule has 0 saturated heterocycles. The van der Waals surface area contributed by atoms with Crippen LogP contribution in [0.25, 0.3) is 0 Å². The molecule has 0 aliphatic carbocycles. The monoisotopic (exact) mass is 211 g/mol. The van der Waals surface area contributed by atoms with Gasteiger partial charge in [0, 0.05) is 29.5 Å². The molecular formula is C11H17NOS. The molecule has 0 aromatic heterocycles. The van der Waals surface area contributed by atoms with Crippen LogP contribution in [-0.4, -0.2) is 19.0 Å². The molecule has 0 aliphatic rings. The van der Waals surface area contributed by atoms with E-state index in [-0.39, 0.29) is 0 Å². The maximum Gasteiger partial charge on any atom is 0.0473 e. The highest BCUT2D eigenvalue weighted by Gasteiger charge is 1.93. The summed E-state index contributed by atoms with van der Waals surface area (Å²) in [6, 6.07) is 7.98. The van der Waals surface area contributed by atoms with Crippen molar-refractivity contribution in [1.82, 2.24) is 0 Å². The van der Waals surface area contributed by atoms with Gasteiger partial charge >= 0.3 is 0 Å². The second-order valence-electron chi connectivity index (χ2n) is 2.97. The maximum absolute atomic E-state index is 5.59. The third kappa shape index (κ3) is 4.53. The highest BCUT2D eigenvalue weighted by Crippen LogP contribution is 2.19. The van der Waals surface area contributed by atoms with E-state index in [1.165, 1.54) is 4.90 Å². The molecule has 0 amide bonds. The predicted molar refractivity (Wildman–Crippen MR) is 62.7 cm³/mol. The lowest BCUT2D eigenvalue weighted by molar-refractivity contribution is 0.149. The van der Waals surface area contributed by atoms with Crippen molar-refractivity contribution in [2.24, 2.45) is 0 Å². The average molecular weight is 211 g/mol. The molecule has 1 aromatic carbocycles. The Balaban J connectivity index is 2.15. The van der Waals surface area contributed by atoms with Crippen LogP contribution >= 0.6 is 11.8 Å². The number of anilines is 1. The van der Waals surface area contributed by atoms with Crippen molar-refractivity contribution in [2.75, 3.05) is 24.7 Å². The highest BCUT2D eigenvalue weighted by atomic mass is 32.2. The van der Waals surface area contributed by atoms with E-state index >= 15 is 0 Å². The fourth-order valence-corrected chi connectivity index (χ4v) is 1.89. The summed E-state index contributed by atoms with van der Waals surface area (Å²) in [5.74, 6) is 1.10. The summed E-state index contributed by atoms with van der Waals surface area (Å²) in [5.41, 5.74) is 6.41. The van der Waals surface area contributed by atoms with Crippen molar-refractivity contribution in [3.05, 3.63) is 24.3 Å². The minimum absolute atomic E-state index is 0.812. The molecule has 0 atom stereocenters. The first kappa shape index (κ1) is 11.4. The van der Waals surface area contributed by atoms with E-state index in [9.17, 15) is 0 Å². The van der Waals surface area contributed by atoms with Crippen molar-refractivity contribution in [1.29, 1.82) is 0 Å². The van der Waals surface area contributed by atoms with Gasteiger partial charge in [0.2, 0.25) is 0 Å². The summed E-state index contributed by atoms with van der Waals surface area (Å²) in [7, 11) is 0. The fourth-order valence-electron chi connectivity index (χ4n) is 1.06. The fraction of sp³-hybridized carbons (Fsp3) is 0.455. The van der Waals surface area contributed by atoms with E-state index in [1.807, 2.05) is 30.8 Å². The number of benzene rings is 1. The lowest BCUT2D eigenvalue weighted by Gasteiger charge is -2.02. The van der Waals surface area contributed by atoms with Crippen molar-refractivity contribution in [3.8, 4) is 0 Å². The first-order valence-electron chi connectivity index (χ1n) is 4.89. The smallest absolute Gasteiger partial charge is 0.0473 e. The van der Waals surface area contributed by atoms with Crippen molar-refractivity contribution < 1.29 is 4.74 Å². The topological polar surface area (TPSA) is 35.2 Å². The second kappa shape index (κ2) is 6.74. The van der Waals surface area contributed by atoms with Gasteiger partial charge in [-0.2, -0.15) is 0 Å². The molecule has 0 fully saturated rings. The quantitative estimate of drug-likeness (QED) is 0.446. The Morgan fingerprint density at radius 2 is 2.00 bits per heavy atom. The molecule has 0 unspecified atom stereocenters. The Hall–Kier alpha value is -0.670. The highest BCUT2D eigenvalue weighted by molar-refractivity contribution is 7.99. The third-order valence-electron chi connectivity index (χ3n) is 1.79. The molecule has 0 radical (unpaired) electrons. The van der Waals surface area contributed by atoms with Gasteiger partial charge in [-0.1, -0.05) is 0 Å². The van der Waals surface area contributed by atoms with E-state index in [2.05, 4.69) is 12.1 Å². The number of hydrogen-bond donors (Lipinski definition) is 1. The number of thioether (sulfide) groups is 1. The Morgan fingerprint density at radius 1 is 1.29 bits per heavy atom. The molecule has 3 heteroatoms. The molecule has 0 spiro atoms. The van der Waals surface area contributed by atoms with Crippen molar-refractivity contribution >= 4 is 17.4 Å². The third-order valence-corrected chi connectivity index (χ3v) is 2.88. The van der Waals surface area contributed by atoms with Gasteiger partial charge in [0.05, 0.1) is 0 Å². The lowest BCUT2D eigenvalue weighted by Crippen LogP contribution is -1.94. The first-order chi connectivity index (χ1) is 6.83. The molecule has 0 saturated carbocycles. The molecule has 0 bridgehead atoms. The van der Waals surface area contributed by atoms with E-state index < -0.39 is 0 Å². The molecule has 2 nitrogen and oxygen atoms in total. The van der Waals surface area contributed by atoms with Crippen LogP contribution in [0.2, 0.25) is 0 Å². The van der Waals surface area contributed by atoms with Crippen LogP contribution in [0.3, 0.4) is 0 Å². The minimum atomic E-state index is 0.812. The van der Waals surface area contributed by atoms with Crippen LogP contribution in [0.4, 0.5) is 5.69 Å². The minimum Gasteiger partial charge on any atom is -0.399 e. The van der Waals surface area contributed by atoms with Crippen LogP contribution in [0.1, 0.15) is 13.3 Å². The SMILES string of the molecule is CCOCCCSc1ccc(N)cc1. The van der Waals surface area contributed by atoms with E-state index in [0.717, 1.165) is 31.1 Å². The van der Waals surface area contributed by atoms with Gasteiger partial charge in [-0.25, -0.2) is 0 Å². The van der Waals surface area contributed by atoms with Crippen LogP contribution < -0.4 is 5.73 Å². The van der Waals surface area contributed by atoms with E-state index in [4.69, 9.17) is 10.5 Å². The zero-order valence-corrected chi connectivity index (χ0v) is 9.35. The summed E-state index contributed by atoms with van der Waals surface area (Å²) < 4.78 is 5.26. The Labute approximate surface area is 89.8 Å². The Bertz CT molecular complexity index is 248. The number of rotatable bonds is 6. The summed E-state index contributed by atoms with van der Waals surface area (Å²) in [4.78, 5) is 1.27.